The van der Waals surface area contributed by atoms with Crippen molar-refractivity contribution in [2.24, 2.45) is 0 Å². The van der Waals surface area contributed by atoms with Gasteiger partial charge in [-0.15, -0.1) is 0 Å². The Labute approximate surface area is 126 Å². The molecule has 0 aliphatic rings. The van der Waals surface area contributed by atoms with Gasteiger partial charge in [-0.3, -0.25) is 4.52 Å². The van der Waals surface area contributed by atoms with Gasteiger partial charge in [0.15, 0.2) is 0 Å². The van der Waals surface area contributed by atoms with Crippen LogP contribution in [0.3, 0.4) is 0 Å². The molecule has 7 nitrogen and oxygen atoms in total. The third-order valence-electron chi connectivity index (χ3n) is 0.694. The van der Waals surface area contributed by atoms with E-state index in [0.29, 0.717) is 6.26 Å². The summed E-state index contributed by atoms with van der Waals surface area (Å²) in [6.45, 7) is 0. The second kappa shape index (κ2) is 7.90. The van der Waals surface area contributed by atoms with Crippen molar-refractivity contribution in [2.75, 3.05) is 7.11 Å². The van der Waals surface area contributed by atoms with E-state index in [4.69, 9.17) is 23.2 Å². The molecule has 0 saturated heterocycles. The number of rotatable bonds is 5. The molecule has 0 N–H and O–H groups in total. The Bertz CT molecular complexity index is 309. The van der Waals surface area contributed by atoms with Crippen molar-refractivity contribution in [3.8, 4) is 0 Å². The van der Waals surface area contributed by atoms with Crippen LogP contribution < -0.4 is 9.79 Å². The molecule has 0 aromatic carbocycles. The van der Waals surface area contributed by atoms with Crippen LogP contribution in [0.15, 0.2) is 10.8 Å². The molecule has 0 amide bonds. The van der Waals surface area contributed by atoms with Crippen LogP contribution in [0.25, 0.3) is 0 Å². The van der Waals surface area contributed by atoms with Gasteiger partial charge in [-0.2, -0.15) is 0 Å². The van der Waals surface area contributed by atoms with Gasteiger partial charge in [-0.1, -0.05) is 23.2 Å². The van der Waals surface area contributed by atoms with Gasteiger partial charge < -0.3 is 18.9 Å². The van der Waals surface area contributed by atoms with Crippen LogP contribution in [0.4, 0.5) is 0 Å². The van der Waals surface area contributed by atoms with Gasteiger partial charge >= 0.3 is 45.6 Å². The second-order valence-electron chi connectivity index (χ2n) is 1.67. The van der Waals surface area contributed by atoms with Crippen molar-refractivity contribution in [2.45, 2.75) is 0 Å². The predicted molar refractivity (Wildman–Crippen MR) is 49.9 cm³/mol. The molecular weight excluding hydrogens is 321 g/mol. The van der Waals surface area contributed by atoms with Crippen LogP contribution in [-0.4, -0.2) is 44.8 Å². The van der Waals surface area contributed by atoms with Crippen molar-refractivity contribution >= 4 is 76.6 Å². The Morgan fingerprint density at radius 1 is 1.33 bits per heavy atom. The molecule has 0 aromatic rings. The Morgan fingerprint density at radius 2 is 1.80 bits per heavy atom. The van der Waals surface area contributed by atoms with Gasteiger partial charge in [0.25, 0.3) is 0 Å². The van der Waals surface area contributed by atoms with E-state index in [1.165, 1.54) is 0 Å². The van der Waals surface area contributed by atoms with Gasteiger partial charge in [0.05, 0.1) is 7.82 Å². The summed E-state index contributed by atoms with van der Waals surface area (Å²) in [4.78, 5) is 20.2. The molecule has 0 saturated carbocycles. The number of hydrogen-bond acceptors (Lipinski definition) is 7. The quantitative estimate of drug-likeness (QED) is 0.411. The number of hydrogen-bond donors (Lipinski definition) is 0. The summed E-state index contributed by atoms with van der Waals surface area (Å²) in [6, 6.07) is 0. The molecule has 0 aliphatic heterocycles. The maximum Gasteiger partial charge on any atom is 2.00 e. The van der Waals surface area contributed by atoms with Crippen LogP contribution in [0.5, 0.6) is 0 Å². The molecule has 0 fully saturated rings. The summed E-state index contributed by atoms with van der Waals surface area (Å²) in [7, 11) is -9.19. The SMILES string of the molecule is COP(=O)(OC=C(Cl)Cl)OP(=O)([O-])[O-].[Ca+2]. The molecule has 0 spiro atoms. The fraction of sp³-hybridized carbons (Fsp3) is 0.333. The van der Waals surface area contributed by atoms with E-state index in [0.717, 1.165) is 7.11 Å². The van der Waals surface area contributed by atoms with Gasteiger partial charge in [-0.05, 0) is 0 Å². The Kier molecular flexibility index (Phi) is 10.0. The van der Waals surface area contributed by atoms with E-state index < -0.39 is 20.1 Å². The van der Waals surface area contributed by atoms with Crippen molar-refractivity contribution in [3.05, 3.63) is 10.8 Å². The summed E-state index contributed by atoms with van der Waals surface area (Å²) < 4.78 is 32.4. The topological polar surface area (TPSA) is 108 Å². The van der Waals surface area contributed by atoms with Crippen molar-refractivity contribution < 1.29 is 32.3 Å². The van der Waals surface area contributed by atoms with Gasteiger partial charge in [-0.25, -0.2) is 8.88 Å². The normalized spacial score (nSPS) is 14.7. The average Bonchev–Trinajstić information content (AvgIpc) is 1.98. The summed E-state index contributed by atoms with van der Waals surface area (Å²) in [5.41, 5.74) is 0. The fourth-order valence-corrected chi connectivity index (χ4v) is 2.26. The third-order valence-corrected chi connectivity index (χ3v) is 3.28. The summed E-state index contributed by atoms with van der Waals surface area (Å²) in [6.07, 6.45) is 0.503. The van der Waals surface area contributed by atoms with E-state index >= 15 is 0 Å². The first-order chi connectivity index (χ1) is 6.18. The minimum atomic E-state index is -5.49. The zero-order valence-corrected chi connectivity index (χ0v) is 12.8. The van der Waals surface area contributed by atoms with Crippen LogP contribution in [0.1, 0.15) is 0 Å². The monoisotopic (exact) mass is 324 g/mol. The average molecular weight is 325 g/mol. The molecular formula is C3H4CaCl2O7P2. The summed E-state index contributed by atoms with van der Waals surface area (Å²) in [5, 5.41) is 0. The zero-order valence-electron chi connectivity index (χ0n) is 7.29. The van der Waals surface area contributed by atoms with Crippen LogP contribution in [0.2, 0.25) is 0 Å². The van der Waals surface area contributed by atoms with Crippen LogP contribution in [0, 0.1) is 0 Å². The van der Waals surface area contributed by atoms with Crippen LogP contribution >= 0.6 is 38.8 Å². The minimum Gasteiger partial charge on any atom is -0.789 e. The van der Waals surface area contributed by atoms with Crippen molar-refractivity contribution in [1.82, 2.24) is 0 Å². The number of halogens is 2. The van der Waals surface area contributed by atoms with E-state index in [9.17, 15) is 18.9 Å². The fourth-order valence-electron chi connectivity index (χ4n) is 0.322. The first-order valence-electron chi connectivity index (χ1n) is 2.77. The van der Waals surface area contributed by atoms with Gasteiger partial charge in [0.1, 0.15) is 10.8 Å². The Morgan fingerprint density at radius 3 is 2.07 bits per heavy atom. The molecule has 1 unspecified atom stereocenters. The van der Waals surface area contributed by atoms with E-state index in [1.807, 2.05) is 0 Å². The summed E-state index contributed by atoms with van der Waals surface area (Å²) >= 11 is 10.1. The second-order valence-corrected chi connectivity index (χ2v) is 5.70. The Hall–Kier alpha value is 1.68. The van der Waals surface area contributed by atoms with Gasteiger partial charge in [0.2, 0.25) is 0 Å². The van der Waals surface area contributed by atoms with E-state index in [1.54, 1.807) is 0 Å². The molecule has 0 aliphatic carbocycles. The molecule has 0 radical (unpaired) electrons. The first kappa shape index (κ1) is 19.0. The van der Waals surface area contributed by atoms with Crippen molar-refractivity contribution in [3.63, 3.8) is 0 Å². The molecule has 1 atom stereocenters. The molecule has 84 valence electrons. The third kappa shape index (κ3) is 10.5. The maximum atomic E-state index is 11.1. The molecule has 0 rings (SSSR count). The Balaban J connectivity index is 0. The maximum absolute atomic E-state index is 11.1. The molecule has 0 aromatic heterocycles. The predicted octanol–water partition coefficient (Wildman–Crippen LogP) is 0.499. The standard InChI is InChI=1S/C3H6Cl2O7P2.Ca/c1-10-14(9,11-2-3(4)5)12-13(6,7)8;/h2H,1H3,(H2,6,7,8);/q;+2/p-2. The van der Waals surface area contributed by atoms with Crippen LogP contribution in [-0.2, 0) is 22.5 Å². The minimum absolute atomic E-state index is 0. The smallest absolute Gasteiger partial charge is 0.789 e. The molecule has 12 heteroatoms. The van der Waals surface area contributed by atoms with Gasteiger partial charge in [0, 0.05) is 7.11 Å². The van der Waals surface area contributed by atoms with Crippen molar-refractivity contribution in [1.29, 1.82) is 0 Å². The van der Waals surface area contributed by atoms with E-state index in [2.05, 4.69) is 13.4 Å². The molecule has 0 heterocycles. The number of phosphoric acid groups is 2. The first-order valence-corrected chi connectivity index (χ1v) is 6.45. The zero-order chi connectivity index (χ0) is 11.4. The molecule has 0 bridgehead atoms. The summed E-state index contributed by atoms with van der Waals surface area (Å²) in [5.74, 6) is 0. The van der Waals surface area contributed by atoms with E-state index in [-0.39, 0.29) is 37.7 Å². The molecule has 15 heavy (non-hydrogen) atoms. The number of phosphoric ester groups is 1. The largest absolute Gasteiger partial charge is 2.00 e.